The lowest BCUT2D eigenvalue weighted by Gasteiger charge is -2.25. The fourth-order valence-corrected chi connectivity index (χ4v) is 15.0. The SMILES string of the molecule is Cl.Cl.Cl.Cl.Cl.O=C(c1ccccc1)[P+](c1ccccc1)(c1ccccc1)c1ccccc1.O=C(c1ccccc1)[P+](c1ccccc1)(c1ccccc1)c1ccccc1. The first-order chi connectivity index (χ1) is 26.7. The van der Waals surface area contributed by atoms with E-state index in [1.165, 1.54) is 0 Å². The van der Waals surface area contributed by atoms with Gasteiger partial charge in [-0.2, -0.15) is 0 Å². The molecule has 0 radical (unpaired) electrons. The molecule has 0 aliphatic carbocycles. The number of carbonyl (C=O) groups excluding carboxylic acids is 2. The van der Waals surface area contributed by atoms with Crippen LogP contribution in [0, 0.1) is 0 Å². The van der Waals surface area contributed by atoms with Crippen molar-refractivity contribution < 1.29 is 9.59 Å². The summed E-state index contributed by atoms with van der Waals surface area (Å²) < 4.78 is 0. The minimum atomic E-state index is -2.51. The molecule has 0 saturated heterocycles. The lowest BCUT2D eigenvalue weighted by Crippen LogP contribution is -2.36. The molecular formula is C50H45Cl5O2P2+2. The number of hydrogen-bond donors (Lipinski definition) is 0. The largest absolute Gasteiger partial charge is 0.313 e. The quantitative estimate of drug-likeness (QED) is 0.128. The van der Waals surface area contributed by atoms with Crippen molar-refractivity contribution in [1.29, 1.82) is 0 Å². The van der Waals surface area contributed by atoms with E-state index in [4.69, 9.17) is 0 Å². The van der Waals surface area contributed by atoms with Gasteiger partial charge in [0.15, 0.2) is 14.5 Å². The van der Waals surface area contributed by atoms with E-state index in [-0.39, 0.29) is 73.1 Å². The third-order valence-electron chi connectivity index (χ3n) is 9.51. The fourth-order valence-electron chi connectivity index (χ4n) is 7.06. The van der Waals surface area contributed by atoms with Crippen LogP contribution in [0.15, 0.2) is 243 Å². The molecule has 300 valence electrons. The second-order valence-corrected chi connectivity index (χ2v) is 19.3. The molecule has 0 fully saturated rings. The molecule has 0 N–H and O–H groups in total. The molecule has 0 aromatic heterocycles. The van der Waals surface area contributed by atoms with Gasteiger partial charge >= 0.3 is 11.0 Å². The molecule has 8 aromatic carbocycles. The van der Waals surface area contributed by atoms with E-state index in [9.17, 15) is 9.59 Å². The summed E-state index contributed by atoms with van der Waals surface area (Å²) in [5, 5.41) is 6.48. The van der Waals surface area contributed by atoms with Crippen LogP contribution in [0.1, 0.15) is 20.7 Å². The Morgan fingerprint density at radius 2 is 0.356 bits per heavy atom. The first-order valence-electron chi connectivity index (χ1n) is 18.0. The van der Waals surface area contributed by atoms with Crippen LogP contribution in [-0.2, 0) is 0 Å². The zero-order chi connectivity index (χ0) is 37.1. The molecule has 2 nitrogen and oxygen atoms in total. The molecule has 0 aliphatic rings. The smallest absolute Gasteiger partial charge is 0.246 e. The number of rotatable bonds is 10. The van der Waals surface area contributed by atoms with Gasteiger partial charge in [-0.05, 0) is 97.1 Å². The summed E-state index contributed by atoms with van der Waals surface area (Å²) in [5.41, 5.74) is 1.88. The van der Waals surface area contributed by atoms with Crippen LogP contribution in [0.25, 0.3) is 0 Å². The number of halogens is 5. The summed E-state index contributed by atoms with van der Waals surface area (Å²) in [5.74, 6) is 0. The topological polar surface area (TPSA) is 34.1 Å². The Morgan fingerprint density at radius 1 is 0.220 bits per heavy atom. The van der Waals surface area contributed by atoms with Gasteiger partial charge in [-0.25, -0.2) is 9.59 Å². The Kier molecular flexibility index (Phi) is 21.0. The van der Waals surface area contributed by atoms with Gasteiger partial charge in [-0.1, -0.05) is 146 Å². The van der Waals surface area contributed by atoms with Gasteiger partial charge in [0.2, 0.25) is 0 Å². The van der Waals surface area contributed by atoms with Crippen LogP contribution < -0.4 is 31.8 Å². The fraction of sp³-hybridized carbons (Fsp3) is 0. The predicted octanol–water partition coefficient (Wildman–Crippen LogP) is 11.8. The van der Waals surface area contributed by atoms with Gasteiger partial charge in [-0.3, -0.25) is 0 Å². The maximum Gasteiger partial charge on any atom is 0.313 e. The van der Waals surface area contributed by atoms with Crippen LogP contribution in [-0.4, -0.2) is 11.0 Å². The Hall–Kier alpha value is -4.59. The van der Waals surface area contributed by atoms with E-state index in [2.05, 4.69) is 72.8 Å². The van der Waals surface area contributed by atoms with Crippen molar-refractivity contribution in [1.82, 2.24) is 0 Å². The van der Waals surface area contributed by atoms with Gasteiger partial charge in [0.1, 0.15) is 31.8 Å². The van der Waals surface area contributed by atoms with Crippen molar-refractivity contribution in [3.63, 3.8) is 0 Å². The molecule has 9 heteroatoms. The minimum Gasteiger partial charge on any atom is -0.246 e. The normalized spacial score (nSPS) is 10.2. The zero-order valence-electron chi connectivity index (χ0n) is 31.8. The Bertz CT molecular complexity index is 2030. The number of benzene rings is 8. The first kappa shape index (κ1) is 50.6. The molecular weight excluding hydrogens is 872 g/mol. The van der Waals surface area contributed by atoms with E-state index in [0.29, 0.717) is 0 Å². The summed E-state index contributed by atoms with van der Waals surface area (Å²) in [7, 11) is -5.01. The van der Waals surface area contributed by atoms with Crippen LogP contribution in [0.4, 0.5) is 0 Å². The maximum atomic E-state index is 14.1. The van der Waals surface area contributed by atoms with Crippen LogP contribution in [0.3, 0.4) is 0 Å². The zero-order valence-corrected chi connectivity index (χ0v) is 37.7. The summed E-state index contributed by atoms with van der Waals surface area (Å²) in [6.07, 6.45) is 0. The van der Waals surface area contributed by atoms with Crippen LogP contribution >= 0.6 is 76.6 Å². The third-order valence-corrected chi connectivity index (χ3v) is 17.7. The second-order valence-electron chi connectivity index (χ2n) is 12.7. The number of hydrogen-bond acceptors (Lipinski definition) is 2. The minimum absolute atomic E-state index is 0. The molecule has 0 amide bonds. The highest BCUT2D eigenvalue weighted by Gasteiger charge is 2.54. The molecule has 59 heavy (non-hydrogen) atoms. The highest BCUT2D eigenvalue weighted by Crippen LogP contribution is 2.59. The standard InChI is InChI=1S/2C25H20OP.5ClH/c2*26-25(21-13-5-1-6-14-21)27(22-15-7-2-8-16-22,23-17-9-3-10-18-23)24-19-11-4-12-20-24;;;;;/h2*1-20H;5*1H/q2*+1;;;;;. The molecule has 0 heterocycles. The van der Waals surface area contributed by atoms with Crippen molar-refractivity contribution >= 4 is 119 Å². The van der Waals surface area contributed by atoms with Crippen molar-refractivity contribution in [2.45, 2.75) is 0 Å². The monoisotopic (exact) mass is 914 g/mol. The van der Waals surface area contributed by atoms with Crippen molar-refractivity contribution in [2.24, 2.45) is 0 Å². The summed E-state index contributed by atoms with van der Waals surface area (Å²) in [4.78, 5) is 28.2. The van der Waals surface area contributed by atoms with Gasteiger partial charge in [0.05, 0.1) is 11.1 Å². The van der Waals surface area contributed by atoms with Gasteiger partial charge in [0.25, 0.3) is 0 Å². The van der Waals surface area contributed by atoms with Crippen LogP contribution in [0.2, 0.25) is 0 Å². The molecule has 0 unspecified atom stereocenters. The molecule has 8 aromatic rings. The summed E-state index contributed by atoms with van der Waals surface area (Å²) >= 11 is 0. The number of carbonyl (C=O) groups is 2. The Labute approximate surface area is 380 Å². The van der Waals surface area contributed by atoms with Crippen molar-refractivity contribution in [3.05, 3.63) is 254 Å². The molecule has 0 atom stereocenters. The summed E-state index contributed by atoms with van der Waals surface area (Å²) in [6, 6.07) is 80.7. The van der Waals surface area contributed by atoms with Gasteiger partial charge in [0, 0.05) is 0 Å². The average molecular weight is 917 g/mol. The second kappa shape index (κ2) is 24.5. The lowest BCUT2D eigenvalue weighted by molar-refractivity contribution is 0.107. The highest BCUT2D eigenvalue weighted by atomic mass is 35.5. The molecule has 0 aliphatic heterocycles. The highest BCUT2D eigenvalue weighted by molar-refractivity contribution is 8.09. The Morgan fingerprint density at radius 3 is 0.508 bits per heavy atom. The van der Waals surface area contributed by atoms with Gasteiger partial charge < -0.3 is 0 Å². The Balaban J connectivity index is 0.000000375. The van der Waals surface area contributed by atoms with E-state index in [0.717, 1.165) is 43.0 Å². The van der Waals surface area contributed by atoms with Crippen LogP contribution in [0.5, 0.6) is 0 Å². The summed E-state index contributed by atoms with van der Waals surface area (Å²) in [6.45, 7) is 0. The first-order valence-corrected chi connectivity index (χ1v) is 21.6. The lowest BCUT2D eigenvalue weighted by atomic mass is 10.2. The third kappa shape index (κ3) is 10.6. The van der Waals surface area contributed by atoms with Crippen molar-refractivity contribution in [2.75, 3.05) is 0 Å². The van der Waals surface area contributed by atoms with E-state index < -0.39 is 14.5 Å². The molecule has 0 saturated carbocycles. The molecule has 8 rings (SSSR count). The molecule has 0 bridgehead atoms. The average Bonchev–Trinajstić information content (AvgIpc) is 3.27. The van der Waals surface area contributed by atoms with E-state index in [1.54, 1.807) is 0 Å². The van der Waals surface area contributed by atoms with E-state index >= 15 is 0 Å². The molecule has 0 spiro atoms. The van der Waals surface area contributed by atoms with Gasteiger partial charge in [-0.15, -0.1) is 62.0 Å². The maximum absolute atomic E-state index is 14.1. The predicted molar refractivity (Wildman–Crippen MR) is 268 cm³/mol. The van der Waals surface area contributed by atoms with E-state index in [1.807, 2.05) is 170 Å². The van der Waals surface area contributed by atoms with Crippen molar-refractivity contribution in [3.8, 4) is 0 Å².